The summed E-state index contributed by atoms with van der Waals surface area (Å²) in [6.07, 6.45) is 8.83. The van der Waals surface area contributed by atoms with Crippen LogP contribution in [0.4, 0.5) is 0 Å². The van der Waals surface area contributed by atoms with Gasteiger partial charge in [0.05, 0.1) is 0 Å². The second-order valence-corrected chi connectivity index (χ2v) is 12.8. The van der Waals surface area contributed by atoms with E-state index in [-0.39, 0.29) is 5.41 Å². The molecule has 6 aromatic carbocycles. The lowest BCUT2D eigenvalue weighted by atomic mass is 9.80. The van der Waals surface area contributed by atoms with E-state index >= 15 is 0 Å². The van der Waals surface area contributed by atoms with E-state index in [0.29, 0.717) is 0 Å². The smallest absolute Gasteiger partial charge is 0.164 e. The average molecular weight is 540 g/mol. The number of allylic oxidation sites excluding steroid dienone is 3. The molecule has 1 aromatic heterocycles. The zero-order chi connectivity index (χ0) is 28.2. The second-order valence-electron chi connectivity index (χ2n) is 12.8. The number of benzene rings is 6. The van der Waals surface area contributed by atoms with E-state index in [4.69, 9.17) is 15.0 Å². The number of hydrogen-bond donors (Lipinski definition) is 0. The highest BCUT2D eigenvalue weighted by Gasteiger charge is 2.26. The van der Waals surface area contributed by atoms with Crippen molar-refractivity contribution in [2.75, 3.05) is 0 Å². The molecule has 0 amide bonds. The first-order valence-corrected chi connectivity index (χ1v) is 14.8. The first-order valence-electron chi connectivity index (χ1n) is 14.8. The van der Waals surface area contributed by atoms with E-state index in [1.165, 1.54) is 65.4 Å². The number of nitrogens with zero attached hydrogens (tertiary/aromatic N) is 3. The van der Waals surface area contributed by atoms with E-state index in [2.05, 4.69) is 118 Å². The lowest BCUT2D eigenvalue weighted by molar-refractivity contribution is 0.543. The zero-order valence-corrected chi connectivity index (χ0v) is 24.0. The van der Waals surface area contributed by atoms with Crippen LogP contribution >= 0.6 is 0 Å². The van der Waals surface area contributed by atoms with E-state index in [1.807, 2.05) is 0 Å². The standard InChI is InChI=1S/C39H29N3/c1-39(2,3)38-41-36(30-20-16-26-12-10-22-6-4-8-24-14-18-28(30)34(26)32(22)24)40-37(42-38)31-21-17-27-13-11-23-7-5-9-25-15-19-29(31)35(27)33(23)25/h4-8,10-18,20-21H,9,19H2,1-3H3. The minimum atomic E-state index is -0.235. The summed E-state index contributed by atoms with van der Waals surface area (Å²) >= 11 is 0. The summed E-state index contributed by atoms with van der Waals surface area (Å²) in [5.41, 5.74) is 7.36. The topological polar surface area (TPSA) is 38.7 Å². The van der Waals surface area contributed by atoms with Gasteiger partial charge in [-0.15, -0.1) is 0 Å². The van der Waals surface area contributed by atoms with Crippen LogP contribution in [-0.2, 0) is 11.8 Å². The lowest BCUT2D eigenvalue weighted by Crippen LogP contribution is -2.18. The third-order valence-corrected chi connectivity index (χ3v) is 9.15. The van der Waals surface area contributed by atoms with Crippen molar-refractivity contribution in [3.63, 3.8) is 0 Å². The van der Waals surface area contributed by atoms with E-state index < -0.39 is 0 Å². The molecule has 0 fully saturated rings. The SMILES string of the molecule is CC(C)(C)c1nc(-c2ccc3ccc4c5c3c2CC=C5CC=C4)nc(-c2ccc3ccc4cccc5ccc2c3c45)n1. The van der Waals surface area contributed by atoms with Gasteiger partial charge >= 0.3 is 0 Å². The molecule has 3 heteroatoms. The fourth-order valence-corrected chi connectivity index (χ4v) is 7.12. The van der Waals surface area contributed by atoms with Crippen LogP contribution in [0.5, 0.6) is 0 Å². The van der Waals surface area contributed by atoms with Gasteiger partial charge in [-0.25, -0.2) is 15.0 Å². The molecule has 0 N–H and O–H groups in total. The second kappa shape index (κ2) is 8.33. The third-order valence-electron chi connectivity index (χ3n) is 9.15. The van der Waals surface area contributed by atoms with Crippen LogP contribution in [-0.4, -0.2) is 15.0 Å². The molecular weight excluding hydrogens is 510 g/mol. The van der Waals surface area contributed by atoms with Gasteiger partial charge in [0.1, 0.15) is 5.82 Å². The summed E-state index contributed by atoms with van der Waals surface area (Å²) in [7, 11) is 0. The van der Waals surface area contributed by atoms with Gasteiger partial charge in [0.25, 0.3) is 0 Å². The van der Waals surface area contributed by atoms with Crippen LogP contribution < -0.4 is 0 Å². The molecule has 2 aliphatic rings. The van der Waals surface area contributed by atoms with E-state index in [1.54, 1.807) is 0 Å². The van der Waals surface area contributed by atoms with Gasteiger partial charge in [-0.2, -0.15) is 0 Å². The van der Waals surface area contributed by atoms with E-state index in [0.717, 1.165) is 41.4 Å². The van der Waals surface area contributed by atoms with Crippen molar-refractivity contribution >= 4 is 54.7 Å². The maximum absolute atomic E-state index is 5.26. The van der Waals surface area contributed by atoms with Crippen molar-refractivity contribution < 1.29 is 0 Å². The van der Waals surface area contributed by atoms with Crippen LogP contribution in [0.1, 0.15) is 49.7 Å². The van der Waals surface area contributed by atoms with Gasteiger partial charge in [-0.1, -0.05) is 112 Å². The summed E-state index contributed by atoms with van der Waals surface area (Å²) in [5.74, 6) is 2.30. The first-order chi connectivity index (χ1) is 20.4. The molecule has 0 saturated heterocycles. The van der Waals surface area contributed by atoms with Crippen LogP contribution in [0.2, 0.25) is 0 Å². The third kappa shape index (κ3) is 3.31. The molecular formula is C39H29N3. The zero-order valence-electron chi connectivity index (χ0n) is 24.0. The molecule has 7 aromatic rings. The van der Waals surface area contributed by atoms with E-state index in [9.17, 15) is 0 Å². The van der Waals surface area contributed by atoms with Gasteiger partial charge in [-0.3, -0.25) is 0 Å². The molecule has 0 bridgehead atoms. The normalized spacial score (nSPS) is 14.4. The molecule has 0 aliphatic heterocycles. The highest BCUT2D eigenvalue weighted by molar-refractivity contribution is 6.25. The van der Waals surface area contributed by atoms with Crippen LogP contribution in [0.3, 0.4) is 0 Å². The molecule has 0 spiro atoms. The Kier molecular flexibility index (Phi) is 4.72. The summed E-state index contributed by atoms with van der Waals surface area (Å²) in [4.78, 5) is 15.5. The van der Waals surface area contributed by atoms with Crippen molar-refractivity contribution in [1.82, 2.24) is 15.0 Å². The first kappa shape index (κ1) is 23.8. The molecule has 200 valence electrons. The molecule has 0 saturated carbocycles. The molecule has 1 heterocycles. The minimum absolute atomic E-state index is 0.235. The van der Waals surface area contributed by atoms with Crippen molar-refractivity contribution in [2.45, 2.75) is 39.0 Å². The highest BCUT2D eigenvalue weighted by atomic mass is 15.0. The Morgan fingerprint density at radius 1 is 0.595 bits per heavy atom. The fourth-order valence-electron chi connectivity index (χ4n) is 7.12. The van der Waals surface area contributed by atoms with Gasteiger partial charge in [0, 0.05) is 16.5 Å². The Labute approximate surface area is 244 Å². The fraction of sp³-hybridized carbons (Fsp3) is 0.154. The molecule has 9 rings (SSSR count). The predicted octanol–water partition coefficient (Wildman–Crippen LogP) is 9.91. The quantitative estimate of drug-likeness (QED) is 0.205. The van der Waals surface area contributed by atoms with Gasteiger partial charge in [0.15, 0.2) is 11.6 Å². The van der Waals surface area contributed by atoms with Crippen molar-refractivity contribution in [3.05, 3.63) is 114 Å². The molecule has 0 unspecified atom stereocenters. The van der Waals surface area contributed by atoms with Gasteiger partial charge in [0.2, 0.25) is 0 Å². The van der Waals surface area contributed by atoms with Crippen molar-refractivity contribution in [1.29, 1.82) is 0 Å². The number of rotatable bonds is 2. The largest absolute Gasteiger partial charge is 0.212 e. The van der Waals surface area contributed by atoms with Gasteiger partial charge < -0.3 is 0 Å². The molecule has 2 aliphatic carbocycles. The Hall–Kier alpha value is -4.89. The molecule has 3 nitrogen and oxygen atoms in total. The molecule has 0 radical (unpaired) electrons. The summed E-state index contributed by atoms with van der Waals surface area (Å²) in [6, 6.07) is 28.8. The minimum Gasteiger partial charge on any atom is -0.212 e. The Bertz CT molecular complexity index is 2320. The predicted molar refractivity (Wildman–Crippen MR) is 176 cm³/mol. The maximum Gasteiger partial charge on any atom is 0.164 e. The Balaban J connectivity index is 1.33. The van der Waals surface area contributed by atoms with Crippen LogP contribution in [0.15, 0.2) is 91.0 Å². The Morgan fingerprint density at radius 3 is 2.02 bits per heavy atom. The molecule has 42 heavy (non-hydrogen) atoms. The Morgan fingerprint density at radius 2 is 1.24 bits per heavy atom. The van der Waals surface area contributed by atoms with Gasteiger partial charge in [-0.05, 0) is 84.3 Å². The lowest BCUT2D eigenvalue weighted by Gasteiger charge is -2.25. The summed E-state index contributed by atoms with van der Waals surface area (Å²) in [6.45, 7) is 6.55. The maximum atomic E-state index is 5.26. The van der Waals surface area contributed by atoms with Crippen molar-refractivity contribution in [2.24, 2.45) is 0 Å². The van der Waals surface area contributed by atoms with Crippen LogP contribution in [0.25, 0.3) is 77.5 Å². The number of hydrogen-bond acceptors (Lipinski definition) is 3. The summed E-state index contributed by atoms with van der Waals surface area (Å²) < 4.78 is 0. The average Bonchev–Trinajstić information content (AvgIpc) is 3.01. The monoisotopic (exact) mass is 539 g/mol. The highest BCUT2D eigenvalue weighted by Crippen LogP contribution is 2.44. The number of aromatic nitrogens is 3. The molecule has 0 atom stereocenters. The summed E-state index contributed by atoms with van der Waals surface area (Å²) in [5, 5.41) is 10.2. The van der Waals surface area contributed by atoms with Crippen LogP contribution in [0, 0.1) is 0 Å². The van der Waals surface area contributed by atoms with Crippen molar-refractivity contribution in [3.8, 4) is 22.8 Å².